The maximum absolute atomic E-state index is 13.6. The van der Waals surface area contributed by atoms with Crippen LogP contribution in [0.2, 0.25) is 0 Å². The minimum Gasteiger partial charge on any atom is -0.305 e. The fourth-order valence-corrected chi connectivity index (χ4v) is 3.29. The number of fused-ring (bicyclic) bond motifs is 1. The van der Waals surface area contributed by atoms with Crippen LogP contribution < -0.4 is 5.32 Å². The molecule has 158 valence electrons. The van der Waals surface area contributed by atoms with E-state index in [2.05, 4.69) is 20.3 Å². The van der Waals surface area contributed by atoms with Crippen molar-refractivity contribution in [3.63, 3.8) is 0 Å². The van der Waals surface area contributed by atoms with E-state index >= 15 is 0 Å². The van der Waals surface area contributed by atoms with Crippen molar-refractivity contribution in [1.29, 1.82) is 0 Å². The molecule has 0 bridgehead atoms. The van der Waals surface area contributed by atoms with Crippen molar-refractivity contribution in [2.45, 2.75) is 26.9 Å². The molecule has 2 aromatic heterocycles. The van der Waals surface area contributed by atoms with E-state index < -0.39 is 12.0 Å². The molecule has 2 heterocycles. The van der Waals surface area contributed by atoms with Crippen molar-refractivity contribution < 1.29 is 18.0 Å². The molecular formula is C22H18F3N5O. The van der Waals surface area contributed by atoms with Crippen molar-refractivity contribution in [2.75, 3.05) is 5.32 Å². The fraction of sp³-hybridized carbons (Fsp3) is 0.182. The molecule has 31 heavy (non-hydrogen) atoms. The summed E-state index contributed by atoms with van der Waals surface area (Å²) < 4.78 is 41.7. The summed E-state index contributed by atoms with van der Waals surface area (Å²) in [7, 11) is 0. The number of anilines is 1. The Balaban J connectivity index is 1.69. The molecule has 0 radical (unpaired) electrons. The van der Waals surface area contributed by atoms with Gasteiger partial charge in [0.15, 0.2) is 11.6 Å². The van der Waals surface area contributed by atoms with Crippen LogP contribution in [0.25, 0.3) is 16.9 Å². The summed E-state index contributed by atoms with van der Waals surface area (Å²) in [6, 6.07) is 10.2. The number of alkyl halides is 3. The Morgan fingerprint density at radius 1 is 1.03 bits per heavy atom. The van der Waals surface area contributed by atoms with Crippen LogP contribution >= 0.6 is 0 Å². The van der Waals surface area contributed by atoms with Crippen molar-refractivity contribution in [3.05, 3.63) is 76.9 Å². The molecule has 0 aliphatic carbocycles. The van der Waals surface area contributed by atoms with Crippen molar-refractivity contribution in [2.24, 2.45) is 0 Å². The fourth-order valence-electron chi connectivity index (χ4n) is 3.29. The predicted molar refractivity (Wildman–Crippen MR) is 110 cm³/mol. The van der Waals surface area contributed by atoms with Gasteiger partial charge in [0.25, 0.3) is 5.91 Å². The number of imidazole rings is 1. The number of benzene rings is 2. The van der Waals surface area contributed by atoms with E-state index in [0.29, 0.717) is 5.56 Å². The van der Waals surface area contributed by atoms with Crippen LogP contribution in [0, 0.1) is 20.8 Å². The van der Waals surface area contributed by atoms with E-state index in [9.17, 15) is 18.0 Å². The number of hydrogen-bond acceptors (Lipinski definition) is 4. The Morgan fingerprint density at radius 3 is 2.48 bits per heavy atom. The first-order valence-corrected chi connectivity index (χ1v) is 9.41. The van der Waals surface area contributed by atoms with Gasteiger partial charge in [-0.1, -0.05) is 18.2 Å². The molecule has 0 saturated heterocycles. The zero-order valence-corrected chi connectivity index (χ0v) is 16.9. The topological polar surface area (TPSA) is 72.7 Å². The van der Waals surface area contributed by atoms with Crippen molar-refractivity contribution in [3.8, 4) is 5.82 Å². The lowest BCUT2D eigenvalue weighted by Gasteiger charge is -2.12. The van der Waals surface area contributed by atoms with Gasteiger partial charge in [-0.05, 0) is 55.7 Å². The Hall–Kier alpha value is -3.75. The number of halogens is 3. The van der Waals surface area contributed by atoms with Gasteiger partial charge in [-0.2, -0.15) is 13.2 Å². The molecule has 2 aromatic carbocycles. The van der Waals surface area contributed by atoms with Crippen molar-refractivity contribution >= 4 is 22.8 Å². The monoisotopic (exact) mass is 425 g/mol. The predicted octanol–water partition coefficient (Wildman–Crippen LogP) is 5.01. The Bertz CT molecular complexity index is 1290. The summed E-state index contributed by atoms with van der Waals surface area (Å²) >= 11 is 0. The van der Waals surface area contributed by atoms with Gasteiger partial charge in [-0.25, -0.2) is 15.0 Å². The first-order valence-electron chi connectivity index (χ1n) is 9.41. The lowest BCUT2D eigenvalue weighted by molar-refractivity contribution is -0.145. The van der Waals surface area contributed by atoms with Gasteiger partial charge in [-0.3, -0.25) is 9.36 Å². The van der Waals surface area contributed by atoms with Gasteiger partial charge in [0.05, 0.1) is 23.4 Å². The molecule has 0 unspecified atom stereocenters. The number of nitrogens with zero attached hydrogens (tertiary/aromatic N) is 4. The lowest BCUT2D eigenvalue weighted by atomic mass is 10.0. The quantitative estimate of drug-likeness (QED) is 0.501. The van der Waals surface area contributed by atoms with E-state index in [0.717, 1.165) is 21.3 Å². The van der Waals surface area contributed by atoms with Crippen LogP contribution in [0.1, 0.15) is 32.9 Å². The number of rotatable bonds is 3. The number of amides is 1. The number of carbonyl (C=O) groups excluding carboxylic acids is 1. The molecular weight excluding hydrogens is 407 g/mol. The zero-order chi connectivity index (χ0) is 22.3. The molecule has 6 nitrogen and oxygen atoms in total. The average molecular weight is 425 g/mol. The van der Waals surface area contributed by atoms with E-state index in [1.807, 2.05) is 19.9 Å². The highest BCUT2D eigenvalue weighted by atomic mass is 19.4. The smallest absolute Gasteiger partial charge is 0.305 e. The van der Waals surface area contributed by atoms with E-state index in [-0.39, 0.29) is 28.6 Å². The highest BCUT2D eigenvalue weighted by molar-refractivity contribution is 6.04. The number of aryl methyl sites for hydroxylation is 2. The van der Waals surface area contributed by atoms with Crippen LogP contribution in [0.15, 0.2) is 48.8 Å². The van der Waals surface area contributed by atoms with Gasteiger partial charge in [-0.15, -0.1) is 0 Å². The highest BCUT2D eigenvalue weighted by Gasteiger charge is 2.38. The number of nitrogens with one attached hydrogen (secondary N) is 1. The molecule has 4 aromatic rings. The second kappa shape index (κ2) is 7.50. The van der Waals surface area contributed by atoms with Gasteiger partial charge in [0.1, 0.15) is 0 Å². The van der Waals surface area contributed by atoms with Crippen LogP contribution in [0.3, 0.4) is 0 Å². The van der Waals surface area contributed by atoms with E-state index in [1.165, 1.54) is 12.4 Å². The minimum atomic E-state index is -4.68. The summed E-state index contributed by atoms with van der Waals surface area (Å²) in [5.41, 5.74) is 3.55. The normalized spacial score (nSPS) is 11.7. The van der Waals surface area contributed by atoms with Gasteiger partial charge in [0, 0.05) is 5.56 Å². The summed E-state index contributed by atoms with van der Waals surface area (Å²) in [4.78, 5) is 24.5. The van der Waals surface area contributed by atoms with Crippen LogP contribution in [-0.4, -0.2) is 25.4 Å². The molecule has 0 aliphatic rings. The van der Waals surface area contributed by atoms with Gasteiger partial charge in [0.2, 0.25) is 5.82 Å². The molecule has 0 atom stereocenters. The summed E-state index contributed by atoms with van der Waals surface area (Å²) in [5.74, 6) is -1.38. The standard InChI is InChI=1S/C22H18F3N5O/c1-12-7-8-17-16(9-12)28-21(22(23,24)25)30(17)19-11-26-18(10-27-19)29-20(31)15-6-4-5-13(2)14(15)3/h4-11H,1-3H3,(H,26,29,31). The SMILES string of the molecule is Cc1ccc2c(c1)nc(C(F)(F)F)n2-c1cnc(NC(=O)c2cccc(C)c2C)cn1. The first-order chi connectivity index (χ1) is 14.6. The molecule has 1 amide bonds. The summed E-state index contributed by atoms with van der Waals surface area (Å²) in [5, 5.41) is 2.63. The van der Waals surface area contributed by atoms with Crippen LogP contribution in [-0.2, 0) is 6.18 Å². The number of hydrogen-bond donors (Lipinski definition) is 1. The molecule has 0 saturated carbocycles. The Labute approximate surface area is 175 Å². The second-order valence-electron chi connectivity index (χ2n) is 7.22. The summed E-state index contributed by atoms with van der Waals surface area (Å²) in [6.07, 6.45) is -2.28. The summed E-state index contributed by atoms with van der Waals surface area (Å²) in [6.45, 7) is 5.51. The molecule has 0 fully saturated rings. The second-order valence-corrected chi connectivity index (χ2v) is 7.22. The molecule has 4 rings (SSSR count). The van der Waals surface area contributed by atoms with E-state index in [1.54, 1.807) is 37.3 Å². The molecule has 0 spiro atoms. The molecule has 0 aliphatic heterocycles. The molecule has 9 heteroatoms. The maximum Gasteiger partial charge on any atom is 0.450 e. The Morgan fingerprint density at radius 2 is 1.81 bits per heavy atom. The lowest BCUT2D eigenvalue weighted by Crippen LogP contribution is -2.17. The first kappa shape index (κ1) is 20.5. The van der Waals surface area contributed by atoms with Crippen LogP contribution in [0.5, 0.6) is 0 Å². The van der Waals surface area contributed by atoms with Crippen LogP contribution in [0.4, 0.5) is 19.0 Å². The zero-order valence-electron chi connectivity index (χ0n) is 16.9. The maximum atomic E-state index is 13.6. The minimum absolute atomic E-state index is 0.0524. The molecule has 1 N–H and O–H groups in total. The average Bonchev–Trinajstić information content (AvgIpc) is 3.09. The Kier molecular flexibility index (Phi) is 4.96. The number of carbonyl (C=O) groups is 1. The third kappa shape index (κ3) is 3.86. The van der Waals surface area contributed by atoms with Gasteiger partial charge < -0.3 is 5.32 Å². The van der Waals surface area contributed by atoms with E-state index in [4.69, 9.17) is 0 Å². The largest absolute Gasteiger partial charge is 0.450 e. The van der Waals surface area contributed by atoms with Crippen molar-refractivity contribution in [1.82, 2.24) is 19.5 Å². The number of aromatic nitrogens is 4. The van der Waals surface area contributed by atoms with Gasteiger partial charge >= 0.3 is 6.18 Å². The highest BCUT2D eigenvalue weighted by Crippen LogP contribution is 2.33. The third-order valence-electron chi connectivity index (χ3n) is 5.02. The third-order valence-corrected chi connectivity index (χ3v) is 5.02.